The molecule has 0 atom stereocenters. The standard InChI is InChI=1S/C16H22N4O/c1-12(2)10-20-16(18-11-19-20)8-15(21)7-13-5-3-4-6-14(13)9-17/h3-6,11-12H,7-10,17H2,1-2H3. The summed E-state index contributed by atoms with van der Waals surface area (Å²) in [6.45, 7) is 5.46. The van der Waals surface area contributed by atoms with Crippen molar-refractivity contribution in [2.75, 3.05) is 0 Å². The molecule has 0 aliphatic heterocycles. The number of carbonyl (C=O) groups is 1. The zero-order chi connectivity index (χ0) is 15.2. The fourth-order valence-corrected chi connectivity index (χ4v) is 2.30. The van der Waals surface area contributed by atoms with Crippen LogP contribution in [0.1, 0.15) is 30.8 Å². The summed E-state index contributed by atoms with van der Waals surface area (Å²) in [5, 5.41) is 4.18. The van der Waals surface area contributed by atoms with Crippen LogP contribution in [0.4, 0.5) is 0 Å². The van der Waals surface area contributed by atoms with Crippen LogP contribution in [-0.2, 0) is 30.7 Å². The lowest BCUT2D eigenvalue weighted by atomic mass is 10.0. The van der Waals surface area contributed by atoms with Gasteiger partial charge >= 0.3 is 0 Å². The lowest BCUT2D eigenvalue weighted by molar-refractivity contribution is -0.118. The van der Waals surface area contributed by atoms with Gasteiger partial charge in [-0.2, -0.15) is 5.10 Å². The summed E-state index contributed by atoms with van der Waals surface area (Å²) in [6.07, 6.45) is 2.21. The Kier molecular flexibility index (Phi) is 5.22. The molecule has 0 amide bonds. The molecule has 21 heavy (non-hydrogen) atoms. The van der Waals surface area contributed by atoms with E-state index in [2.05, 4.69) is 23.9 Å². The van der Waals surface area contributed by atoms with Crippen LogP contribution in [0.3, 0.4) is 0 Å². The Morgan fingerprint density at radius 2 is 1.95 bits per heavy atom. The Hall–Kier alpha value is -2.01. The van der Waals surface area contributed by atoms with E-state index in [-0.39, 0.29) is 5.78 Å². The van der Waals surface area contributed by atoms with Crippen LogP contribution in [0.2, 0.25) is 0 Å². The molecule has 1 aromatic heterocycles. The number of nitrogens with two attached hydrogens (primary N) is 1. The molecule has 1 heterocycles. The zero-order valence-electron chi connectivity index (χ0n) is 12.6. The van der Waals surface area contributed by atoms with Gasteiger partial charge in [-0.3, -0.25) is 4.79 Å². The smallest absolute Gasteiger partial charge is 0.144 e. The maximum atomic E-state index is 12.3. The minimum atomic E-state index is 0.133. The van der Waals surface area contributed by atoms with Gasteiger partial charge in [0.2, 0.25) is 0 Å². The normalized spacial score (nSPS) is 11.0. The van der Waals surface area contributed by atoms with E-state index in [1.807, 2.05) is 28.9 Å². The monoisotopic (exact) mass is 286 g/mol. The van der Waals surface area contributed by atoms with E-state index in [4.69, 9.17) is 5.73 Å². The van der Waals surface area contributed by atoms with Crippen LogP contribution in [0, 0.1) is 5.92 Å². The van der Waals surface area contributed by atoms with Gasteiger partial charge in [-0.1, -0.05) is 38.1 Å². The molecule has 0 spiro atoms. The first-order valence-corrected chi connectivity index (χ1v) is 7.25. The van der Waals surface area contributed by atoms with Crippen LogP contribution in [0.15, 0.2) is 30.6 Å². The van der Waals surface area contributed by atoms with Crippen molar-refractivity contribution in [3.05, 3.63) is 47.5 Å². The fourth-order valence-electron chi connectivity index (χ4n) is 2.30. The van der Waals surface area contributed by atoms with Crippen LogP contribution < -0.4 is 5.73 Å². The molecule has 0 aliphatic carbocycles. The summed E-state index contributed by atoms with van der Waals surface area (Å²) < 4.78 is 1.82. The topological polar surface area (TPSA) is 73.8 Å². The predicted octanol–water partition coefficient (Wildman–Crippen LogP) is 1.75. The molecule has 0 fully saturated rings. The molecule has 112 valence electrons. The second-order valence-corrected chi connectivity index (χ2v) is 5.62. The van der Waals surface area contributed by atoms with Crippen LogP contribution >= 0.6 is 0 Å². The predicted molar refractivity (Wildman–Crippen MR) is 81.6 cm³/mol. The van der Waals surface area contributed by atoms with Crippen molar-refractivity contribution in [3.63, 3.8) is 0 Å². The molecule has 5 nitrogen and oxygen atoms in total. The first-order valence-electron chi connectivity index (χ1n) is 7.25. The SMILES string of the molecule is CC(C)Cn1ncnc1CC(=O)Cc1ccccc1CN. The summed E-state index contributed by atoms with van der Waals surface area (Å²) >= 11 is 0. The molecule has 0 bridgehead atoms. The van der Waals surface area contributed by atoms with Crippen LogP contribution in [0.25, 0.3) is 0 Å². The third-order valence-electron chi connectivity index (χ3n) is 3.32. The summed E-state index contributed by atoms with van der Waals surface area (Å²) in [5.74, 6) is 1.34. The maximum absolute atomic E-state index is 12.3. The highest BCUT2D eigenvalue weighted by molar-refractivity contribution is 5.82. The van der Waals surface area contributed by atoms with Gasteiger partial charge in [0.15, 0.2) is 0 Å². The average molecular weight is 286 g/mol. The third-order valence-corrected chi connectivity index (χ3v) is 3.32. The Morgan fingerprint density at radius 3 is 2.62 bits per heavy atom. The molecular formula is C16H22N4O. The van der Waals surface area contributed by atoms with Crippen molar-refractivity contribution in [2.24, 2.45) is 11.7 Å². The summed E-state index contributed by atoms with van der Waals surface area (Å²) in [6, 6.07) is 7.79. The molecule has 2 N–H and O–H groups in total. The lowest BCUT2D eigenvalue weighted by Crippen LogP contribution is -2.16. The van der Waals surface area contributed by atoms with E-state index in [1.165, 1.54) is 6.33 Å². The molecule has 0 radical (unpaired) electrons. The van der Waals surface area contributed by atoms with Crippen molar-refractivity contribution in [2.45, 2.75) is 39.8 Å². The number of carbonyl (C=O) groups excluding carboxylic acids is 1. The molecule has 0 saturated carbocycles. The number of rotatable bonds is 7. The van der Waals surface area contributed by atoms with E-state index < -0.39 is 0 Å². The summed E-state index contributed by atoms with van der Waals surface area (Å²) in [4.78, 5) is 16.5. The van der Waals surface area contributed by atoms with Gasteiger partial charge in [0, 0.05) is 19.5 Å². The number of nitrogens with zero attached hydrogens (tertiary/aromatic N) is 3. The molecule has 1 aromatic carbocycles. The molecule has 2 rings (SSSR count). The highest BCUT2D eigenvalue weighted by Crippen LogP contribution is 2.11. The Bertz CT molecular complexity index is 604. The van der Waals surface area contributed by atoms with Crippen molar-refractivity contribution in [1.29, 1.82) is 0 Å². The van der Waals surface area contributed by atoms with Gasteiger partial charge in [-0.05, 0) is 17.0 Å². The molecule has 0 aliphatic rings. The van der Waals surface area contributed by atoms with Crippen molar-refractivity contribution >= 4 is 5.78 Å². The quantitative estimate of drug-likeness (QED) is 0.841. The first-order chi connectivity index (χ1) is 10.1. The second-order valence-electron chi connectivity index (χ2n) is 5.62. The Labute approximate surface area is 125 Å². The van der Waals surface area contributed by atoms with Gasteiger partial charge in [-0.25, -0.2) is 9.67 Å². The number of aromatic nitrogens is 3. The molecule has 0 saturated heterocycles. The van der Waals surface area contributed by atoms with Crippen molar-refractivity contribution in [3.8, 4) is 0 Å². The van der Waals surface area contributed by atoms with Gasteiger partial charge in [-0.15, -0.1) is 0 Å². The van der Waals surface area contributed by atoms with E-state index in [9.17, 15) is 4.79 Å². The number of benzene rings is 1. The summed E-state index contributed by atoms with van der Waals surface area (Å²) in [7, 11) is 0. The zero-order valence-corrected chi connectivity index (χ0v) is 12.6. The number of hydrogen-bond donors (Lipinski definition) is 1. The first kappa shape index (κ1) is 15.4. The van der Waals surface area contributed by atoms with Gasteiger partial charge in [0.05, 0.1) is 6.42 Å². The Balaban J connectivity index is 2.04. The van der Waals surface area contributed by atoms with Gasteiger partial charge in [0.1, 0.15) is 17.9 Å². The van der Waals surface area contributed by atoms with Crippen molar-refractivity contribution in [1.82, 2.24) is 14.8 Å². The molecule has 5 heteroatoms. The molecular weight excluding hydrogens is 264 g/mol. The summed E-state index contributed by atoms with van der Waals surface area (Å²) in [5.41, 5.74) is 7.73. The minimum absolute atomic E-state index is 0.133. The number of ketones is 1. The molecule has 0 unspecified atom stereocenters. The van der Waals surface area contributed by atoms with E-state index in [0.717, 1.165) is 23.5 Å². The third kappa shape index (κ3) is 4.23. The van der Waals surface area contributed by atoms with E-state index in [1.54, 1.807) is 0 Å². The fraction of sp³-hybridized carbons (Fsp3) is 0.438. The van der Waals surface area contributed by atoms with E-state index >= 15 is 0 Å². The number of hydrogen-bond acceptors (Lipinski definition) is 4. The Morgan fingerprint density at radius 1 is 1.24 bits per heavy atom. The van der Waals surface area contributed by atoms with Gasteiger partial charge < -0.3 is 5.73 Å². The number of Topliss-reactive ketones (excluding diaryl/α,β-unsaturated/α-hetero) is 1. The molecule has 2 aromatic rings. The van der Waals surface area contributed by atoms with Crippen LogP contribution in [0.5, 0.6) is 0 Å². The second kappa shape index (κ2) is 7.13. The largest absolute Gasteiger partial charge is 0.326 e. The minimum Gasteiger partial charge on any atom is -0.326 e. The highest BCUT2D eigenvalue weighted by atomic mass is 16.1. The van der Waals surface area contributed by atoms with Gasteiger partial charge in [0.25, 0.3) is 0 Å². The van der Waals surface area contributed by atoms with Crippen LogP contribution in [-0.4, -0.2) is 20.5 Å². The maximum Gasteiger partial charge on any atom is 0.144 e. The average Bonchev–Trinajstić information content (AvgIpc) is 2.85. The highest BCUT2D eigenvalue weighted by Gasteiger charge is 2.13. The van der Waals surface area contributed by atoms with Crippen molar-refractivity contribution < 1.29 is 4.79 Å². The lowest BCUT2D eigenvalue weighted by Gasteiger charge is -2.09. The van der Waals surface area contributed by atoms with E-state index in [0.29, 0.717) is 25.3 Å².